The SMILES string of the molecule is O=C(OCCNCCOC(=O)c1cc(O)c(O)c(O)c1)c1cc(O)c(O)c(O)c1. The van der Waals surface area contributed by atoms with Crippen LogP contribution in [0.4, 0.5) is 0 Å². The van der Waals surface area contributed by atoms with Gasteiger partial charge in [-0.25, -0.2) is 9.59 Å². The van der Waals surface area contributed by atoms with Crippen LogP contribution in [0.25, 0.3) is 0 Å². The van der Waals surface area contributed by atoms with E-state index in [2.05, 4.69) is 5.32 Å². The molecule has 11 heteroatoms. The Balaban J connectivity index is 1.67. The van der Waals surface area contributed by atoms with Crippen LogP contribution < -0.4 is 5.32 Å². The molecule has 29 heavy (non-hydrogen) atoms. The third-order valence-electron chi connectivity index (χ3n) is 3.63. The van der Waals surface area contributed by atoms with Crippen LogP contribution in [0, 0.1) is 0 Å². The van der Waals surface area contributed by atoms with E-state index >= 15 is 0 Å². The molecule has 11 nitrogen and oxygen atoms in total. The summed E-state index contributed by atoms with van der Waals surface area (Å²) in [6, 6.07) is 3.79. The lowest BCUT2D eigenvalue weighted by atomic mass is 10.2. The van der Waals surface area contributed by atoms with Gasteiger partial charge in [0.2, 0.25) is 0 Å². The van der Waals surface area contributed by atoms with Crippen molar-refractivity contribution >= 4 is 11.9 Å². The van der Waals surface area contributed by atoms with Crippen LogP contribution in [0.5, 0.6) is 34.5 Å². The molecule has 0 saturated heterocycles. The Morgan fingerprint density at radius 1 is 0.655 bits per heavy atom. The second-order valence-corrected chi connectivity index (χ2v) is 5.75. The van der Waals surface area contributed by atoms with Crippen molar-refractivity contribution in [2.75, 3.05) is 26.3 Å². The first-order chi connectivity index (χ1) is 13.7. The molecule has 0 radical (unpaired) electrons. The van der Waals surface area contributed by atoms with E-state index in [1.165, 1.54) is 0 Å². The van der Waals surface area contributed by atoms with Gasteiger partial charge in [0.05, 0.1) is 11.1 Å². The molecule has 0 spiro atoms. The molecule has 7 N–H and O–H groups in total. The van der Waals surface area contributed by atoms with Crippen molar-refractivity contribution in [1.29, 1.82) is 0 Å². The van der Waals surface area contributed by atoms with Crippen LogP contribution in [0.1, 0.15) is 20.7 Å². The van der Waals surface area contributed by atoms with E-state index in [1.807, 2.05) is 0 Å². The molecule has 0 fully saturated rings. The highest BCUT2D eigenvalue weighted by Gasteiger charge is 2.15. The maximum Gasteiger partial charge on any atom is 0.338 e. The number of phenolic OH excluding ortho intramolecular Hbond substituents is 6. The fraction of sp³-hybridized carbons (Fsp3) is 0.222. The smallest absolute Gasteiger partial charge is 0.338 e. The van der Waals surface area contributed by atoms with Crippen LogP contribution in [-0.2, 0) is 9.47 Å². The maximum absolute atomic E-state index is 11.8. The van der Waals surface area contributed by atoms with Crippen molar-refractivity contribution in [3.8, 4) is 34.5 Å². The van der Waals surface area contributed by atoms with Gasteiger partial charge in [-0.05, 0) is 24.3 Å². The molecule has 0 saturated carbocycles. The van der Waals surface area contributed by atoms with E-state index in [1.54, 1.807) is 0 Å². The lowest BCUT2D eigenvalue weighted by Crippen LogP contribution is -2.26. The first kappa shape index (κ1) is 21.4. The predicted molar refractivity (Wildman–Crippen MR) is 96.3 cm³/mol. The van der Waals surface area contributed by atoms with E-state index in [0.29, 0.717) is 0 Å². The third-order valence-corrected chi connectivity index (χ3v) is 3.63. The minimum absolute atomic E-state index is 0.0606. The molecule has 0 aliphatic heterocycles. The van der Waals surface area contributed by atoms with Gasteiger partial charge in [-0.2, -0.15) is 0 Å². The molecule has 0 atom stereocenters. The number of nitrogens with one attached hydrogen (secondary N) is 1. The Morgan fingerprint density at radius 3 is 1.28 bits per heavy atom. The molecule has 0 unspecified atom stereocenters. The number of carbonyl (C=O) groups is 2. The van der Waals surface area contributed by atoms with Gasteiger partial charge in [0, 0.05) is 13.1 Å². The highest BCUT2D eigenvalue weighted by atomic mass is 16.5. The number of hydrogen-bond acceptors (Lipinski definition) is 11. The molecule has 2 rings (SSSR count). The molecule has 2 aromatic carbocycles. The molecule has 0 bridgehead atoms. The molecule has 0 aliphatic rings. The molecule has 0 aromatic heterocycles. The number of hydrogen-bond donors (Lipinski definition) is 7. The standard InChI is InChI=1S/C18H19NO10/c20-11-5-9(6-12(21)15(11)24)17(26)28-3-1-19-2-4-29-18(27)10-7-13(22)16(25)14(23)8-10/h5-8,19-25H,1-4H2. The van der Waals surface area contributed by atoms with Crippen molar-refractivity contribution in [3.63, 3.8) is 0 Å². The maximum atomic E-state index is 11.8. The van der Waals surface area contributed by atoms with Crippen molar-refractivity contribution in [2.45, 2.75) is 0 Å². The summed E-state index contributed by atoms with van der Waals surface area (Å²) in [6.45, 7) is 0.296. The number of aromatic hydroxyl groups is 6. The fourth-order valence-electron chi connectivity index (χ4n) is 2.17. The minimum Gasteiger partial charge on any atom is -0.504 e. The lowest BCUT2D eigenvalue weighted by molar-refractivity contribution is 0.0490. The summed E-state index contributed by atoms with van der Waals surface area (Å²) in [5.41, 5.74) is -0.292. The Labute approximate surface area is 164 Å². The summed E-state index contributed by atoms with van der Waals surface area (Å²) in [6.07, 6.45) is 0. The van der Waals surface area contributed by atoms with E-state index in [4.69, 9.17) is 9.47 Å². The predicted octanol–water partition coefficient (Wildman–Crippen LogP) is 0.524. The number of phenols is 6. The van der Waals surface area contributed by atoms with Crippen molar-refractivity contribution in [3.05, 3.63) is 35.4 Å². The number of rotatable bonds is 8. The summed E-state index contributed by atoms with van der Waals surface area (Å²) >= 11 is 0. The third kappa shape index (κ3) is 5.56. The van der Waals surface area contributed by atoms with Gasteiger partial charge >= 0.3 is 11.9 Å². The topological polar surface area (TPSA) is 186 Å². The molecule has 0 aliphatic carbocycles. The largest absolute Gasteiger partial charge is 0.504 e. The molecular weight excluding hydrogens is 390 g/mol. The van der Waals surface area contributed by atoms with Crippen LogP contribution in [0.2, 0.25) is 0 Å². The number of ether oxygens (including phenoxy) is 2. The summed E-state index contributed by atoms with van der Waals surface area (Å²) in [5, 5.41) is 58.7. The number of benzene rings is 2. The van der Waals surface area contributed by atoms with Crippen LogP contribution >= 0.6 is 0 Å². The minimum atomic E-state index is -0.823. The van der Waals surface area contributed by atoms with Gasteiger partial charge in [-0.15, -0.1) is 0 Å². The van der Waals surface area contributed by atoms with Crippen molar-refractivity contribution in [1.82, 2.24) is 5.32 Å². The Bertz CT molecular complexity index is 792. The zero-order valence-electron chi connectivity index (χ0n) is 15.0. The van der Waals surface area contributed by atoms with Gasteiger partial charge in [0.25, 0.3) is 0 Å². The molecule has 0 amide bonds. The Kier molecular flexibility index (Phi) is 6.93. The number of esters is 2. The zero-order valence-corrected chi connectivity index (χ0v) is 15.0. The first-order valence-corrected chi connectivity index (χ1v) is 8.25. The Hall–Kier alpha value is -3.86. The Morgan fingerprint density at radius 2 is 0.966 bits per heavy atom. The van der Waals surface area contributed by atoms with Crippen LogP contribution in [-0.4, -0.2) is 68.9 Å². The van der Waals surface area contributed by atoms with Gasteiger partial charge in [-0.1, -0.05) is 0 Å². The fourth-order valence-corrected chi connectivity index (χ4v) is 2.17. The van der Waals surface area contributed by atoms with Crippen molar-refractivity contribution < 1.29 is 49.7 Å². The van der Waals surface area contributed by atoms with Gasteiger partial charge < -0.3 is 45.4 Å². The second-order valence-electron chi connectivity index (χ2n) is 5.75. The van der Waals surface area contributed by atoms with E-state index in [-0.39, 0.29) is 37.4 Å². The number of carbonyl (C=O) groups excluding carboxylic acids is 2. The summed E-state index contributed by atoms with van der Waals surface area (Å²) in [4.78, 5) is 23.6. The van der Waals surface area contributed by atoms with E-state index in [0.717, 1.165) is 24.3 Å². The average molecular weight is 409 g/mol. The molecule has 0 heterocycles. The average Bonchev–Trinajstić information content (AvgIpc) is 2.68. The van der Waals surface area contributed by atoms with E-state index < -0.39 is 46.4 Å². The van der Waals surface area contributed by atoms with Crippen molar-refractivity contribution in [2.24, 2.45) is 0 Å². The molecule has 2 aromatic rings. The summed E-state index contributed by atoms with van der Waals surface area (Å²) in [5.74, 6) is -5.77. The summed E-state index contributed by atoms with van der Waals surface area (Å²) < 4.78 is 9.84. The van der Waals surface area contributed by atoms with Gasteiger partial charge in [0.1, 0.15) is 13.2 Å². The molecular formula is C18H19NO10. The zero-order chi connectivity index (χ0) is 21.6. The normalized spacial score (nSPS) is 10.5. The first-order valence-electron chi connectivity index (χ1n) is 8.25. The second kappa shape index (κ2) is 9.37. The lowest BCUT2D eigenvalue weighted by Gasteiger charge is -2.09. The molecule has 156 valence electrons. The van der Waals surface area contributed by atoms with Crippen LogP contribution in [0.3, 0.4) is 0 Å². The van der Waals surface area contributed by atoms with E-state index in [9.17, 15) is 40.2 Å². The summed E-state index contributed by atoms with van der Waals surface area (Å²) in [7, 11) is 0. The quantitative estimate of drug-likeness (QED) is 0.183. The highest BCUT2D eigenvalue weighted by Crippen LogP contribution is 2.36. The van der Waals surface area contributed by atoms with Gasteiger partial charge in [0.15, 0.2) is 34.5 Å². The highest BCUT2D eigenvalue weighted by molar-refractivity contribution is 5.91. The van der Waals surface area contributed by atoms with Gasteiger partial charge in [-0.3, -0.25) is 0 Å². The monoisotopic (exact) mass is 409 g/mol. The van der Waals surface area contributed by atoms with Crippen LogP contribution in [0.15, 0.2) is 24.3 Å².